The molecular weight excluding hydrogens is 303 g/mol. The minimum atomic E-state index is -4.64. The van der Waals surface area contributed by atoms with Crippen molar-refractivity contribution in [3.63, 3.8) is 0 Å². The van der Waals surface area contributed by atoms with Crippen molar-refractivity contribution in [3.8, 4) is 0 Å². The number of aromatic amines is 1. The van der Waals surface area contributed by atoms with E-state index < -0.39 is 7.82 Å². The minimum absolute atomic E-state index is 0.315. The van der Waals surface area contributed by atoms with Crippen LogP contribution in [0.25, 0.3) is 11.2 Å². The van der Waals surface area contributed by atoms with E-state index in [0.29, 0.717) is 23.6 Å². The van der Waals surface area contributed by atoms with Gasteiger partial charge in [-0.15, -0.1) is 0 Å². The van der Waals surface area contributed by atoms with Gasteiger partial charge in [-0.05, 0) is 5.92 Å². The summed E-state index contributed by atoms with van der Waals surface area (Å²) in [7, 11) is -3.16. The second-order valence-electron chi connectivity index (χ2n) is 4.77. The van der Waals surface area contributed by atoms with Gasteiger partial charge in [0.25, 0.3) is 5.56 Å². The van der Waals surface area contributed by atoms with Gasteiger partial charge in [0.05, 0.1) is 6.33 Å². The second-order valence-corrected chi connectivity index (χ2v) is 5.79. The van der Waals surface area contributed by atoms with Crippen molar-refractivity contribution in [2.45, 2.75) is 20.4 Å². The summed E-state index contributed by atoms with van der Waals surface area (Å²) in [5, 5.41) is 0. The fourth-order valence-electron chi connectivity index (χ4n) is 1.71. The summed E-state index contributed by atoms with van der Waals surface area (Å²) in [6.45, 7) is 4.57. The lowest BCUT2D eigenvalue weighted by atomic mass is 10.2. The van der Waals surface area contributed by atoms with E-state index in [-0.39, 0.29) is 11.2 Å². The van der Waals surface area contributed by atoms with Gasteiger partial charge in [-0.25, -0.2) is 14.3 Å². The maximum Gasteiger partial charge on any atom is 0.466 e. The molecule has 10 nitrogen and oxygen atoms in total. The first-order chi connectivity index (χ1) is 9.52. The van der Waals surface area contributed by atoms with Crippen molar-refractivity contribution < 1.29 is 19.2 Å². The van der Waals surface area contributed by atoms with Crippen molar-refractivity contribution in [2.24, 2.45) is 13.0 Å². The van der Waals surface area contributed by atoms with Gasteiger partial charge in [0.1, 0.15) is 5.52 Å². The molecular formula is C10H17N4O6P. The van der Waals surface area contributed by atoms with E-state index in [1.165, 1.54) is 17.9 Å². The molecule has 0 fully saturated rings. The van der Waals surface area contributed by atoms with Crippen LogP contribution in [0.15, 0.2) is 15.9 Å². The molecule has 0 radical (unpaired) electrons. The molecule has 2 heterocycles. The molecule has 0 amide bonds. The van der Waals surface area contributed by atoms with E-state index >= 15 is 0 Å². The molecule has 2 rings (SSSR count). The van der Waals surface area contributed by atoms with Crippen LogP contribution in [0.1, 0.15) is 13.8 Å². The third-order valence-electron chi connectivity index (χ3n) is 2.46. The summed E-state index contributed by atoms with van der Waals surface area (Å²) in [4.78, 5) is 52.0. The van der Waals surface area contributed by atoms with Crippen LogP contribution in [-0.2, 0) is 18.2 Å². The minimum Gasteiger partial charge on any atom is -0.339 e. The summed E-state index contributed by atoms with van der Waals surface area (Å²) in [5.74, 6) is 0.315. The zero-order chi connectivity index (χ0) is 16.4. The zero-order valence-corrected chi connectivity index (χ0v) is 12.6. The summed E-state index contributed by atoms with van der Waals surface area (Å²) >= 11 is 0. The predicted octanol–water partition coefficient (Wildman–Crippen LogP) is -0.849. The van der Waals surface area contributed by atoms with Crippen LogP contribution in [0.2, 0.25) is 0 Å². The lowest BCUT2D eigenvalue weighted by Crippen LogP contribution is -2.38. The molecule has 0 saturated carbocycles. The van der Waals surface area contributed by atoms with Gasteiger partial charge in [-0.1, -0.05) is 13.8 Å². The molecule has 0 saturated heterocycles. The molecule has 0 aromatic carbocycles. The Balaban J connectivity index is 0.000000383. The van der Waals surface area contributed by atoms with E-state index in [4.69, 9.17) is 19.2 Å². The zero-order valence-electron chi connectivity index (χ0n) is 11.7. The molecule has 4 N–H and O–H groups in total. The summed E-state index contributed by atoms with van der Waals surface area (Å²) in [5.41, 5.74) is 0.153. The topological polar surface area (TPSA) is 150 Å². The standard InChI is InChI=1S/C10H14N4O2.H3O4P/c1-6(2)4-14-8-7(11-5-12-8)9(15)13(3)10(14)16;1-5(2,3)4/h5-6H,4H2,1-3H3,(H,11,12);(H3,1,2,3,4). The number of nitrogens with zero attached hydrogens (tertiary/aromatic N) is 3. The fourth-order valence-corrected chi connectivity index (χ4v) is 1.71. The van der Waals surface area contributed by atoms with Crippen LogP contribution in [0, 0.1) is 5.92 Å². The summed E-state index contributed by atoms with van der Waals surface area (Å²) in [6.07, 6.45) is 1.43. The SMILES string of the molecule is CC(C)Cn1c(=O)n(C)c(=O)c2[nH]cnc21.O=P(O)(O)O. The molecule has 2 aromatic heterocycles. The Hall–Kier alpha value is -1.74. The Morgan fingerprint density at radius 2 is 1.86 bits per heavy atom. The number of imidazole rings is 1. The third kappa shape index (κ3) is 4.64. The molecule has 21 heavy (non-hydrogen) atoms. The van der Waals surface area contributed by atoms with E-state index in [2.05, 4.69) is 9.97 Å². The number of hydrogen-bond acceptors (Lipinski definition) is 4. The number of hydrogen-bond donors (Lipinski definition) is 4. The molecule has 0 atom stereocenters. The first-order valence-corrected chi connectivity index (χ1v) is 7.50. The average Bonchev–Trinajstić information content (AvgIpc) is 2.78. The first kappa shape index (κ1) is 17.3. The normalized spacial score (nSPS) is 11.6. The molecule has 0 unspecified atom stereocenters. The Morgan fingerprint density at radius 3 is 2.33 bits per heavy atom. The summed E-state index contributed by atoms with van der Waals surface area (Å²) < 4.78 is 11.5. The molecule has 0 aliphatic heterocycles. The Bertz CT molecular complexity index is 775. The molecule has 118 valence electrons. The molecule has 11 heteroatoms. The van der Waals surface area contributed by atoms with Crippen LogP contribution in [0.3, 0.4) is 0 Å². The molecule has 0 aliphatic carbocycles. The third-order valence-corrected chi connectivity index (χ3v) is 2.46. The summed E-state index contributed by atoms with van der Waals surface area (Å²) in [6, 6.07) is 0. The van der Waals surface area contributed by atoms with Crippen LogP contribution in [-0.4, -0.2) is 33.8 Å². The predicted molar refractivity (Wildman–Crippen MR) is 74.7 cm³/mol. The Labute approximate surface area is 118 Å². The van der Waals surface area contributed by atoms with Crippen LogP contribution < -0.4 is 11.2 Å². The van der Waals surface area contributed by atoms with Crippen molar-refractivity contribution in [2.75, 3.05) is 0 Å². The van der Waals surface area contributed by atoms with E-state index in [1.54, 1.807) is 0 Å². The molecule has 0 spiro atoms. The quantitative estimate of drug-likeness (QED) is 0.526. The van der Waals surface area contributed by atoms with E-state index in [1.807, 2.05) is 13.8 Å². The van der Waals surface area contributed by atoms with E-state index in [0.717, 1.165) is 4.57 Å². The second kappa shape index (κ2) is 6.35. The molecule has 0 aliphatic rings. The number of aromatic nitrogens is 4. The van der Waals surface area contributed by atoms with Gasteiger partial charge in [-0.2, -0.15) is 0 Å². The van der Waals surface area contributed by atoms with Gasteiger partial charge < -0.3 is 19.7 Å². The van der Waals surface area contributed by atoms with Crippen molar-refractivity contribution >= 4 is 19.0 Å². The highest BCUT2D eigenvalue weighted by molar-refractivity contribution is 7.45. The number of rotatable bonds is 2. The lowest BCUT2D eigenvalue weighted by Gasteiger charge is -2.10. The molecule has 2 aromatic rings. The van der Waals surface area contributed by atoms with Crippen LogP contribution in [0.5, 0.6) is 0 Å². The van der Waals surface area contributed by atoms with Crippen LogP contribution in [0.4, 0.5) is 0 Å². The average molecular weight is 320 g/mol. The number of nitrogens with one attached hydrogen (secondary N) is 1. The van der Waals surface area contributed by atoms with Gasteiger partial charge in [0, 0.05) is 13.6 Å². The Morgan fingerprint density at radius 1 is 1.33 bits per heavy atom. The Kier molecular flexibility index (Phi) is 5.24. The van der Waals surface area contributed by atoms with Crippen molar-refractivity contribution in [1.29, 1.82) is 0 Å². The van der Waals surface area contributed by atoms with Crippen molar-refractivity contribution in [3.05, 3.63) is 27.2 Å². The van der Waals surface area contributed by atoms with Gasteiger partial charge >= 0.3 is 13.5 Å². The maximum atomic E-state index is 11.9. The smallest absolute Gasteiger partial charge is 0.339 e. The van der Waals surface area contributed by atoms with Gasteiger partial charge in [0.15, 0.2) is 5.65 Å². The monoisotopic (exact) mass is 320 g/mol. The number of fused-ring (bicyclic) bond motifs is 1. The molecule has 0 bridgehead atoms. The van der Waals surface area contributed by atoms with Crippen molar-refractivity contribution in [1.82, 2.24) is 19.1 Å². The van der Waals surface area contributed by atoms with E-state index in [9.17, 15) is 9.59 Å². The fraction of sp³-hybridized carbons (Fsp3) is 0.500. The highest BCUT2D eigenvalue weighted by Gasteiger charge is 2.13. The lowest BCUT2D eigenvalue weighted by molar-refractivity contribution is 0.275. The van der Waals surface area contributed by atoms with Crippen LogP contribution >= 0.6 is 7.82 Å². The number of phosphoric acid groups is 1. The highest BCUT2D eigenvalue weighted by Crippen LogP contribution is 2.25. The highest BCUT2D eigenvalue weighted by atomic mass is 31.2. The largest absolute Gasteiger partial charge is 0.466 e. The van der Waals surface area contributed by atoms with Gasteiger partial charge in [-0.3, -0.25) is 13.9 Å². The maximum absolute atomic E-state index is 11.9. The number of H-pyrrole nitrogens is 1. The first-order valence-electron chi connectivity index (χ1n) is 5.93. The van der Waals surface area contributed by atoms with Gasteiger partial charge in [0.2, 0.25) is 0 Å².